The van der Waals surface area contributed by atoms with Crippen LogP contribution in [0.2, 0.25) is 0 Å². The number of nitrogens with one attached hydrogen (secondary N) is 1. The topological polar surface area (TPSA) is 108 Å². The van der Waals surface area contributed by atoms with Crippen LogP contribution in [0.25, 0.3) is 10.4 Å². The molecule has 0 saturated heterocycles. The molecule has 2 heterocycles. The molecule has 1 aliphatic carbocycles. The Kier molecular flexibility index (Phi) is 6.83. The van der Waals surface area contributed by atoms with Crippen LogP contribution >= 0.6 is 11.3 Å². The van der Waals surface area contributed by atoms with Gasteiger partial charge in [0.2, 0.25) is 5.95 Å². The van der Waals surface area contributed by atoms with Crippen LogP contribution < -0.4 is 5.32 Å². The van der Waals surface area contributed by atoms with Crippen molar-refractivity contribution in [2.24, 2.45) is 11.8 Å². The highest BCUT2D eigenvalue weighted by atomic mass is 32.1. The van der Waals surface area contributed by atoms with Crippen LogP contribution in [-0.4, -0.2) is 31.1 Å². The predicted molar refractivity (Wildman–Crippen MR) is 125 cm³/mol. The van der Waals surface area contributed by atoms with E-state index in [2.05, 4.69) is 20.3 Å². The first-order valence-corrected chi connectivity index (χ1v) is 12.0. The SMILES string of the molecule is Cc1cc(Nc2nccc(C(F)(F)F)n2)cc(-c2cnc([C@](C)(O)[C@H]3CC[C@H](C(=O)O)CC3)s2)c1. The lowest BCUT2D eigenvalue weighted by atomic mass is 9.74. The summed E-state index contributed by atoms with van der Waals surface area (Å²) in [7, 11) is 0. The van der Waals surface area contributed by atoms with Crippen molar-refractivity contribution < 1.29 is 28.2 Å². The highest BCUT2D eigenvalue weighted by Gasteiger charge is 2.40. The minimum Gasteiger partial charge on any atom is -0.481 e. The Morgan fingerprint density at radius 3 is 2.51 bits per heavy atom. The van der Waals surface area contributed by atoms with E-state index in [0.717, 1.165) is 28.3 Å². The molecule has 35 heavy (non-hydrogen) atoms. The molecule has 3 aromatic rings. The zero-order valence-electron chi connectivity index (χ0n) is 19.1. The summed E-state index contributed by atoms with van der Waals surface area (Å²) in [5.74, 6) is -1.42. The van der Waals surface area contributed by atoms with Gasteiger partial charge in [-0.05, 0) is 74.8 Å². The first-order valence-electron chi connectivity index (χ1n) is 11.1. The second kappa shape index (κ2) is 9.54. The molecule has 0 aliphatic heterocycles. The van der Waals surface area contributed by atoms with Gasteiger partial charge in [0.25, 0.3) is 0 Å². The summed E-state index contributed by atoms with van der Waals surface area (Å²) >= 11 is 1.34. The number of carboxylic acid groups (broad SMARTS) is 1. The molecular formula is C24H25F3N4O3S. The number of thiazole rings is 1. The van der Waals surface area contributed by atoms with Crippen molar-refractivity contribution in [3.63, 3.8) is 0 Å². The summed E-state index contributed by atoms with van der Waals surface area (Å²) in [5, 5.41) is 23.9. The monoisotopic (exact) mass is 506 g/mol. The van der Waals surface area contributed by atoms with E-state index < -0.39 is 23.4 Å². The standard InChI is InChI=1S/C24H25F3N4O3S/c1-13-9-15(11-17(10-13)30-22-28-8-7-19(31-22)24(25,26)27)18-12-29-21(35-18)23(2,34)16-5-3-14(4-6-16)20(32)33/h7-12,14,16,34H,3-6H2,1-2H3,(H,32,33)(H,28,30,31)/t14-,16-,23-/m1/s1. The highest BCUT2D eigenvalue weighted by Crippen LogP contribution is 2.43. The molecule has 0 amide bonds. The zero-order chi connectivity index (χ0) is 25.4. The average molecular weight is 507 g/mol. The van der Waals surface area contributed by atoms with Gasteiger partial charge in [-0.1, -0.05) is 6.07 Å². The quantitative estimate of drug-likeness (QED) is 0.390. The van der Waals surface area contributed by atoms with Crippen LogP contribution in [0.4, 0.5) is 24.8 Å². The first kappa shape index (κ1) is 25.1. The number of aliphatic hydroxyl groups is 1. The van der Waals surface area contributed by atoms with E-state index in [4.69, 9.17) is 0 Å². The smallest absolute Gasteiger partial charge is 0.433 e. The Morgan fingerprint density at radius 1 is 1.14 bits per heavy atom. The summed E-state index contributed by atoms with van der Waals surface area (Å²) in [6, 6.07) is 6.26. The molecule has 1 atom stereocenters. The van der Waals surface area contributed by atoms with E-state index in [9.17, 15) is 28.2 Å². The van der Waals surface area contributed by atoms with Crippen molar-refractivity contribution in [2.45, 2.75) is 51.3 Å². The van der Waals surface area contributed by atoms with Gasteiger partial charge >= 0.3 is 12.1 Å². The number of aliphatic carboxylic acids is 1. The molecular weight excluding hydrogens is 481 g/mol. The van der Waals surface area contributed by atoms with Crippen LogP contribution in [0.5, 0.6) is 0 Å². The molecule has 0 radical (unpaired) electrons. The Hall–Kier alpha value is -3.05. The maximum atomic E-state index is 13.0. The zero-order valence-corrected chi connectivity index (χ0v) is 20.0. The van der Waals surface area contributed by atoms with Crippen LogP contribution in [0.3, 0.4) is 0 Å². The Morgan fingerprint density at radius 2 is 1.86 bits per heavy atom. The lowest BCUT2D eigenvalue weighted by Gasteiger charge is -2.35. The molecule has 0 spiro atoms. The molecule has 2 aromatic heterocycles. The Labute approximate surface area is 204 Å². The lowest BCUT2D eigenvalue weighted by molar-refractivity contribution is -0.144. The molecule has 4 rings (SSSR count). The molecule has 1 aromatic carbocycles. The van der Waals surface area contributed by atoms with E-state index in [0.29, 0.717) is 36.4 Å². The van der Waals surface area contributed by atoms with Gasteiger partial charge in [-0.25, -0.2) is 15.0 Å². The van der Waals surface area contributed by atoms with E-state index in [1.54, 1.807) is 25.3 Å². The molecule has 186 valence electrons. The van der Waals surface area contributed by atoms with Crippen LogP contribution in [0.1, 0.15) is 48.9 Å². The Bertz CT molecular complexity index is 1220. The van der Waals surface area contributed by atoms with Gasteiger partial charge in [-0.15, -0.1) is 11.3 Å². The fourth-order valence-electron chi connectivity index (χ4n) is 4.42. The summed E-state index contributed by atoms with van der Waals surface area (Å²) < 4.78 is 38.9. The molecule has 3 N–H and O–H groups in total. The van der Waals surface area contributed by atoms with Gasteiger partial charge < -0.3 is 15.5 Å². The molecule has 0 bridgehead atoms. The normalized spacial score (nSPS) is 20.3. The molecule has 0 unspecified atom stereocenters. The average Bonchev–Trinajstić information content (AvgIpc) is 3.30. The number of anilines is 2. The lowest BCUT2D eigenvalue weighted by Crippen LogP contribution is -2.35. The summed E-state index contributed by atoms with van der Waals surface area (Å²) in [6.07, 6.45) is 0.410. The summed E-state index contributed by atoms with van der Waals surface area (Å²) in [4.78, 5) is 23.9. The molecule has 7 nitrogen and oxygen atoms in total. The van der Waals surface area contributed by atoms with Gasteiger partial charge in [0, 0.05) is 18.1 Å². The molecule has 1 aliphatic rings. The number of carbonyl (C=O) groups is 1. The van der Waals surface area contributed by atoms with Crippen LogP contribution in [-0.2, 0) is 16.6 Å². The van der Waals surface area contributed by atoms with Gasteiger partial charge in [0.05, 0.1) is 10.8 Å². The molecule has 1 saturated carbocycles. The van der Waals surface area contributed by atoms with E-state index in [1.165, 1.54) is 11.3 Å². The van der Waals surface area contributed by atoms with Gasteiger partial charge in [-0.3, -0.25) is 4.79 Å². The fraction of sp³-hybridized carbons (Fsp3) is 0.417. The third-order valence-corrected chi connectivity index (χ3v) is 7.65. The number of hydrogen-bond donors (Lipinski definition) is 3. The van der Waals surface area contributed by atoms with E-state index in [-0.39, 0.29) is 17.8 Å². The highest BCUT2D eigenvalue weighted by molar-refractivity contribution is 7.15. The number of nitrogens with zero attached hydrogens (tertiary/aromatic N) is 3. The van der Waals surface area contributed by atoms with Gasteiger partial charge in [0.15, 0.2) is 0 Å². The maximum absolute atomic E-state index is 13.0. The molecule has 11 heteroatoms. The largest absolute Gasteiger partial charge is 0.481 e. The third kappa shape index (κ3) is 5.62. The van der Waals surface area contributed by atoms with Crippen molar-refractivity contribution in [3.8, 4) is 10.4 Å². The number of benzene rings is 1. The van der Waals surface area contributed by atoms with E-state index >= 15 is 0 Å². The minimum absolute atomic E-state index is 0.0927. The van der Waals surface area contributed by atoms with Crippen LogP contribution in [0.15, 0.2) is 36.7 Å². The second-order valence-corrected chi connectivity index (χ2v) is 10.1. The van der Waals surface area contributed by atoms with Crippen LogP contribution in [0, 0.1) is 18.8 Å². The number of carboxylic acids is 1. The number of aromatic nitrogens is 3. The predicted octanol–water partition coefficient (Wildman–Crippen LogP) is 5.77. The number of alkyl halides is 3. The van der Waals surface area contributed by atoms with E-state index in [1.807, 2.05) is 13.0 Å². The van der Waals surface area contributed by atoms with Crippen molar-refractivity contribution in [1.29, 1.82) is 0 Å². The van der Waals surface area contributed by atoms with Gasteiger partial charge in [-0.2, -0.15) is 13.2 Å². The number of rotatable bonds is 6. The van der Waals surface area contributed by atoms with Crippen molar-refractivity contribution in [1.82, 2.24) is 15.0 Å². The number of halogens is 3. The molecule has 1 fully saturated rings. The van der Waals surface area contributed by atoms with Gasteiger partial charge in [0.1, 0.15) is 16.3 Å². The number of hydrogen-bond acceptors (Lipinski definition) is 7. The summed E-state index contributed by atoms with van der Waals surface area (Å²) in [6.45, 7) is 3.58. The second-order valence-electron chi connectivity index (χ2n) is 9.04. The van der Waals surface area contributed by atoms with Crippen molar-refractivity contribution in [2.75, 3.05) is 5.32 Å². The fourth-order valence-corrected chi connectivity index (χ4v) is 5.45. The number of aryl methyl sites for hydroxylation is 1. The maximum Gasteiger partial charge on any atom is 0.433 e. The first-order chi connectivity index (χ1) is 16.4. The summed E-state index contributed by atoms with van der Waals surface area (Å²) in [5.41, 5.74) is -0.0506. The Balaban J connectivity index is 1.54. The van der Waals surface area contributed by atoms with Crippen molar-refractivity contribution >= 4 is 28.9 Å². The van der Waals surface area contributed by atoms with Crippen molar-refractivity contribution in [3.05, 3.63) is 52.9 Å². The third-order valence-electron chi connectivity index (χ3n) is 6.37. The minimum atomic E-state index is -4.57.